The van der Waals surface area contributed by atoms with Crippen LogP contribution < -0.4 is 5.32 Å². The van der Waals surface area contributed by atoms with Gasteiger partial charge in [-0.25, -0.2) is 0 Å². The molecule has 0 bridgehead atoms. The van der Waals surface area contributed by atoms with E-state index in [0.29, 0.717) is 10.6 Å². The summed E-state index contributed by atoms with van der Waals surface area (Å²) in [5, 5.41) is 2.31. The molecule has 3 rings (SSSR count). The topological polar surface area (TPSA) is 66.5 Å². The lowest BCUT2D eigenvalue weighted by Gasteiger charge is -2.13. The molecular weight excluding hydrogens is 348 g/mol. The highest BCUT2D eigenvalue weighted by Gasteiger charge is 2.36. The predicted molar refractivity (Wildman–Crippen MR) is 104 cm³/mol. The van der Waals surface area contributed by atoms with Gasteiger partial charge in [-0.05, 0) is 48.9 Å². The molecule has 26 heavy (non-hydrogen) atoms. The number of imide groups is 1. The van der Waals surface area contributed by atoms with Gasteiger partial charge in [0.2, 0.25) is 5.91 Å². The molecule has 0 atom stereocenters. The quantitative estimate of drug-likeness (QED) is 0.820. The molecule has 0 aliphatic carbocycles. The van der Waals surface area contributed by atoms with Gasteiger partial charge in [-0.15, -0.1) is 0 Å². The van der Waals surface area contributed by atoms with Crippen LogP contribution >= 0.6 is 11.8 Å². The number of anilines is 1. The zero-order chi connectivity index (χ0) is 18.7. The van der Waals surface area contributed by atoms with Crippen LogP contribution in [-0.4, -0.2) is 28.5 Å². The zero-order valence-electron chi connectivity index (χ0n) is 14.5. The zero-order valence-corrected chi connectivity index (χ0v) is 15.3. The van der Waals surface area contributed by atoms with Gasteiger partial charge in [0.15, 0.2) is 0 Å². The van der Waals surface area contributed by atoms with E-state index in [1.165, 1.54) is 0 Å². The van der Waals surface area contributed by atoms with E-state index in [0.717, 1.165) is 33.4 Å². The summed E-state index contributed by atoms with van der Waals surface area (Å²) in [5.74, 6) is -0.815. The van der Waals surface area contributed by atoms with E-state index in [9.17, 15) is 14.4 Å². The third-order valence-electron chi connectivity index (χ3n) is 3.88. The average Bonchev–Trinajstić information content (AvgIpc) is 2.91. The van der Waals surface area contributed by atoms with Crippen LogP contribution in [0.4, 0.5) is 10.5 Å². The molecular formula is C20H18N2O3S. The molecule has 132 valence electrons. The number of carbonyl (C=O) groups is 3. The molecule has 6 heteroatoms. The summed E-state index contributed by atoms with van der Waals surface area (Å²) in [6.07, 6.45) is 0. The van der Waals surface area contributed by atoms with Gasteiger partial charge in [0.05, 0.1) is 4.91 Å². The summed E-state index contributed by atoms with van der Waals surface area (Å²) >= 11 is 0.875. The van der Waals surface area contributed by atoms with E-state index in [1.807, 2.05) is 42.5 Å². The lowest BCUT2D eigenvalue weighted by atomic mass is 10.1. The molecule has 0 spiro atoms. The maximum atomic E-state index is 12.2. The second-order valence-electron chi connectivity index (χ2n) is 6.08. The minimum absolute atomic E-state index is 0.290. The van der Waals surface area contributed by atoms with Crippen molar-refractivity contribution in [2.45, 2.75) is 13.8 Å². The number of nitrogens with zero attached hydrogens (tertiary/aromatic N) is 1. The van der Waals surface area contributed by atoms with Crippen LogP contribution in [-0.2, 0) is 9.59 Å². The molecule has 1 aliphatic rings. The number of hydrogen-bond acceptors (Lipinski definition) is 4. The lowest BCUT2D eigenvalue weighted by molar-refractivity contribution is -0.127. The highest BCUT2D eigenvalue weighted by molar-refractivity contribution is 8.18. The third kappa shape index (κ3) is 3.86. The number of thioether (sulfide) groups is 1. The fourth-order valence-corrected chi connectivity index (χ4v) is 3.40. The summed E-state index contributed by atoms with van der Waals surface area (Å²) < 4.78 is 0. The number of hydrogen-bond donors (Lipinski definition) is 1. The fraction of sp³-hybridized carbons (Fsp3) is 0.150. The van der Waals surface area contributed by atoms with Crippen molar-refractivity contribution < 1.29 is 14.4 Å². The molecule has 0 radical (unpaired) electrons. The van der Waals surface area contributed by atoms with Crippen molar-refractivity contribution in [2.24, 2.45) is 0 Å². The van der Waals surface area contributed by atoms with Crippen molar-refractivity contribution in [3.05, 3.63) is 65.1 Å². The Morgan fingerprint density at radius 1 is 0.962 bits per heavy atom. The standard InChI is InChI=1S/C20H18N2O3S/c1-13(2)18-19(24)22(20(25)26-18)12-17(23)21-16-10-8-15(9-11-16)14-6-4-3-5-7-14/h3-11H,12H2,1-2H3,(H,21,23). The molecule has 1 heterocycles. The van der Waals surface area contributed by atoms with Gasteiger partial charge in [0.1, 0.15) is 6.54 Å². The SMILES string of the molecule is CC(C)=C1SC(=O)N(CC(=O)Nc2ccc(-c3ccccc3)cc2)C1=O. The Morgan fingerprint density at radius 2 is 1.58 bits per heavy atom. The van der Waals surface area contributed by atoms with Gasteiger partial charge < -0.3 is 5.32 Å². The van der Waals surface area contributed by atoms with Gasteiger partial charge in [0, 0.05) is 5.69 Å². The first kappa shape index (κ1) is 17.9. The molecule has 1 fully saturated rings. The Balaban J connectivity index is 1.65. The molecule has 0 unspecified atom stereocenters. The van der Waals surface area contributed by atoms with E-state index < -0.39 is 17.1 Å². The number of rotatable bonds is 4. The van der Waals surface area contributed by atoms with Crippen LogP contribution in [0.25, 0.3) is 11.1 Å². The summed E-state index contributed by atoms with van der Waals surface area (Å²) in [5.41, 5.74) is 3.51. The van der Waals surface area contributed by atoms with Gasteiger partial charge in [-0.1, -0.05) is 48.0 Å². The van der Waals surface area contributed by atoms with Crippen molar-refractivity contribution in [3.63, 3.8) is 0 Å². The number of nitrogens with one attached hydrogen (secondary N) is 1. The molecule has 2 aromatic rings. The summed E-state index contributed by atoms with van der Waals surface area (Å²) in [6.45, 7) is 3.25. The molecule has 1 N–H and O–H groups in total. The van der Waals surface area contributed by atoms with Gasteiger partial charge in [-0.2, -0.15) is 0 Å². The number of benzene rings is 2. The summed E-state index contributed by atoms with van der Waals surface area (Å²) in [4.78, 5) is 37.7. The van der Waals surface area contributed by atoms with Gasteiger partial charge in [-0.3, -0.25) is 19.3 Å². The number of allylic oxidation sites excluding steroid dienone is 1. The van der Waals surface area contributed by atoms with Crippen LogP contribution in [0.15, 0.2) is 65.1 Å². The van der Waals surface area contributed by atoms with Crippen molar-refractivity contribution in [1.29, 1.82) is 0 Å². The number of carbonyl (C=O) groups excluding carboxylic acids is 3. The second-order valence-corrected chi connectivity index (χ2v) is 7.04. The molecule has 1 aliphatic heterocycles. The maximum absolute atomic E-state index is 12.2. The number of amides is 3. The van der Waals surface area contributed by atoms with Crippen molar-refractivity contribution >= 4 is 34.5 Å². The first-order valence-corrected chi connectivity index (χ1v) is 8.94. The highest BCUT2D eigenvalue weighted by atomic mass is 32.2. The first-order valence-electron chi connectivity index (χ1n) is 8.12. The second kappa shape index (κ2) is 7.58. The molecule has 5 nitrogen and oxygen atoms in total. The smallest absolute Gasteiger partial charge is 0.294 e. The first-order chi connectivity index (χ1) is 12.5. The molecule has 1 saturated heterocycles. The minimum Gasteiger partial charge on any atom is -0.325 e. The Bertz CT molecular complexity index is 885. The Morgan fingerprint density at radius 3 is 2.15 bits per heavy atom. The largest absolute Gasteiger partial charge is 0.325 e. The van der Waals surface area contributed by atoms with Crippen LogP contribution in [0.3, 0.4) is 0 Å². The van der Waals surface area contributed by atoms with Crippen molar-refractivity contribution in [3.8, 4) is 11.1 Å². The van der Waals surface area contributed by atoms with E-state index in [4.69, 9.17) is 0 Å². The summed E-state index contributed by atoms with van der Waals surface area (Å²) in [7, 11) is 0. The minimum atomic E-state index is -0.416. The van der Waals surface area contributed by atoms with Gasteiger partial charge in [0.25, 0.3) is 11.1 Å². The monoisotopic (exact) mass is 366 g/mol. The summed E-state index contributed by atoms with van der Waals surface area (Å²) in [6, 6.07) is 17.3. The van der Waals surface area contributed by atoms with Crippen LogP contribution in [0.5, 0.6) is 0 Å². The maximum Gasteiger partial charge on any atom is 0.294 e. The molecule has 2 aromatic carbocycles. The Kier molecular flexibility index (Phi) is 5.23. The van der Waals surface area contributed by atoms with Crippen LogP contribution in [0.2, 0.25) is 0 Å². The molecule has 0 saturated carbocycles. The third-order valence-corrected chi connectivity index (χ3v) is 5.06. The van der Waals surface area contributed by atoms with E-state index in [1.54, 1.807) is 26.0 Å². The van der Waals surface area contributed by atoms with E-state index in [-0.39, 0.29) is 6.54 Å². The normalized spacial score (nSPS) is 13.9. The Hall–Kier alpha value is -2.86. The van der Waals surface area contributed by atoms with Crippen LogP contribution in [0.1, 0.15) is 13.8 Å². The van der Waals surface area contributed by atoms with Crippen molar-refractivity contribution in [2.75, 3.05) is 11.9 Å². The predicted octanol–water partition coefficient (Wildman–Crippen LogP) is 4.28. The molecule has 0 aromatic heterocycles. The highest BCUT2D eigenvalue weighted by Crippen LogP contribution is 2.32. The van der Waals surface area contributed by atoms with Crippen LogP contribution in [0, 0.1) is 0 Å². The van der Waals surface area contributed by atoms with Crippen molar-refractivity contribution in [1.82, 2.24) is 4.90 Å². The fourth-order valence-electron chi connectivity index (χ4n) is 2.56. The average molecular weight is 366 g/mol. The molecule has 3 amide bonds. The van der Waals surface area contributed by atoms with E-state index >= 15 is 0 Å². The van der Waals surface area contributed by atoms with E-state index in [2.05, 4.69) is 5.32 Å². The Labute approximate surface area is 156 Å². The lowest BCUT2D eigenvalue weighted by Crippen LogP contribution is -2.36. The van der Waals surface area contributed by atoms with Gasteiger partial charge >= 0.3 is 0 Å².